The summed E-state index contributed by atoms with van der Waals surface area (Å²) in [6, 6.07) is 15.7. The maximum absolute atomic E-state index is 11.2. The number of rotatable bonds is 4. The SMILES string of the molecule is COc1ccc(C2C(C#N)=C(N)OC3NNC(c4cccc([N+](=O)[O-])c4)C32)cc1. The molecular formula is C20H19N5O4. The molecule has 4 N–H and O–H groups in total. The smallest absolute Gasteiger partial charge is 0.269 e. The molecular weight excluding hydrogens is 374 g/mol. The zero-order chi connectivity index (χ0) is 20.5. The molecule has 148 valence electrons. The van der Waals surface area contributed by atoms with E-state index in [1.54, 1.807) is 13.2 Å². The zero-order valence-corrected chi connectivity index (χ0v) is 15.5. The van der Waals surface area contributed by atoms with Crippen LogP contribution in [0.25, 0.3) is 0 Å². The van der Waals surface area contributed by atoms with Crippen LogP contribution in [0.3, 0.4) is 0 Å². The standard InChI is InChI=1S/C20H19N5O4/c1-28-14-7-5-11(6-8-14)16-15(10-21)19(22)29-20-17(16)18(23-24-20)12-3-2-4-13(9-12)25(26)27/h2-9,16-18,20,23-24H,22H2,1H3. The van der Waals surface area contributed by atoms with Crippen molar-refractivity contribution in [2.45, 2.75) is 18.2 Å². The number of ether oxygens (including phenoxy) is 2. The summed E-state index contributed by atoms with van der Waals surface area (Å²) in [6.45, 7) is 0. The first-order valence-electron chi connectivity index (χ1n) is 8.99. The quantitative estimate of drug-likeness (QED) is 0.531. The number of hydrazine groups is 1. The molecule has 0 radical (unpaired) electrons. The van der Waals surface area contributed by atoms with Gasteiger partial charge in [-0.25, -0.2) is 10.9 Å². The molecule has 0 amide bonds. The number of benzene rings is 2. The van der Waals surface area contributed by atoms with E-state index in [0.29, 0.717) is 11.3 Å². The number of nitro groups is 1. The fraction of sp³-hybridized carbons (Fsp3) is 0.250. The Kier molecular flexibility index (Phi) is 4.80. The number of allylic oxidation sites excluding steroid dienone is 1. The van der Waals surface area contributed by atoms with Crippen molar-refractivity contribution in [3.8, 4) is 11.8 Å². The summed E-state index contributed by atoms with van der Waals surface area (Å²) in [5.74, 6) is 0.151. The van der Waals surface area contributed by atoms with Crippen molar-refractivity contribution < 1.29 is 14.4 Å². The highest BCUT2D eigenvalue weighted by molar-refractivity contribution is 5.45. The summed E-state index contributed by atoms with van der Waals surface area (Å²) in [7, 11) is 1.58. The molecule has 2 aliphatic rings. The number of nitrogens with zero attached hydrogens (tertiary/aromatic N) is 2. The second-order valence-electron chi connectivity index (χ2n) is 6.87. The highest BCUT2D eigenvalue weighted by Gasteiger charge is 2.49. The van der Waals surface area contributed by atoms with Crippen LogP contribution in [-0.4, -0.2) is 18.3 Å². The Labute approximate surface area is 166 Å². The molecule has 2 aromatic rings. The molecule has 0 aromatic heterocycles. The third-order valence-electron chi connectivity index (χ3n) is 5.37. The van der Waals surface area contributed by atoms with E-state index in [4.69, 9.17) is 15.2 Å². The maximum Gasteiger partial charge on any atom is 0.269 e. The Morgan fingerprint density at radius 3 is 2.62 bits per heavy atom. The molecule has 29 heavy (non-hydrogen) atoms. The molecule has 2 aromatic carbocycles. The minimum Gasteiger partial charge on any atom is -0.497 e. The molecule has 0 saturated carbocycles. The van der Waals surface area contributed by atoms with Crippen LogP contribution in [0.4, 0.5) is 5.69 Å². The van der Waals surface area contributed by atoms with Crippen molar-refractivity contribution >= 4 is 5.69 Å². The predicted octanol–water partition coefficient (Wildman–Crippen LogP) is 2.20. The molecule has 2 aliphatic heterocycles. The third kappa shape index (κ3) is 3.24. The predicted molar refractivity (Wildman–Crippen MR) is 103 cm³/mol. The van der Waals surface area contributed by atoms with Crippen LogP contribution < -0.4 is 21.3 Å². The van der Waals surface area contributed by atoms with Gasteiger partial charge in [0.1, 0.15) is 11.8 Å². The highest BCUT2D eigenvalue weighted by atomic mass is 16.6. The van der Waals surface area contributed by atoms with E-state index in [1.807, 2.05) is 30.3 Å². The van der Waals surface area contributed by atoms with Crippen molar-refractivity contribution in [2.75, 3.05) is 7.11 Å². The van der Waals surface area contributed by atoms with Gasteiger partial charge in [0, 0.05) is 24.0 Å². The van der Waals surface area contributed by atoms with Gasteiger partial charge in [0.05, 0.1) is 23.6 Å². The van der Waals surface area contributed by atoms with Crippen LogP contribution in [0.2, 0.25) is 0 Å². The maximum atomic E-state index is 11.2. The topological polar surface area (TPSA) is 135 Å². The summed E-state index contributed by atoms with van der Waals surface area (Å²) < 4.78 is 11.0. The summed E-state index contributed by atoms with van der Waals surface area (Å²) in [5.41, 5.74) is 14.2. The monoisotopic (exact) mass is 393 g/mol. The number of nitriles is 1. The minimum absolute atomic E-state index is 0.000961. The molecule has 4 rings (SSSR count). The molecule has 4 unspecified atom stereocenters. The Bertz CT molecular complexity index is 1010. The molecule has 9 heteroatoms. The number of non-ortho nitro benzene ring substituents is 1. The van der Waals surface area contributed by atoms with Gasteiger partial charge in [0.25, 0.3) is 5.69 Å². The lowest BCUT2D eigenvalue weighted by atomic mass is 9.74. The highest BCUT2D eigenvalue weighted by Crippen LogP contribution is 2.47. The number of nitrogens with two attached hydrogens (primary N) is 1. The van der Waals surface area contributed by atoms with Crippen molar-refractivity contribution in [3.05, 3.63) is 81.2 Å². The average Bonchev–Trinajstić information content (AvgIpc) is 3.16. The fourth-order valence-corrected chi connectivity index (χ4v) is 4.02. The molecule has 1 saturated heterocycles. The Morgan fingerprint density at radius 1 is 1.21 bits per heavy atom. The van der Waals surface area contributed by atoms with E-state index in [-0.39, 0.29) is 29.4 Å². The van der Waals surface area contributed by atoms with Gasteiger partial charge < -0.3 is 15.2 Å². The van der Waals surface area contributed by atoms with Gasteiger partial charge in [0.2, 0.25) is 5.88 Å². The molecule has 2 heterocycles. The number of methoxy groups -OCH3 is 1. The van der Waals surface area contributed by atoms with Crippen LogP contribution in [-0.2, 0) is 4.74 Å². The van der Waals surface area contributed by atoms with Crippen LogP contribution in [0.5, 0.6) is 5.75 Å². The van der Waals surface area contributed by atoms with Gasteiger partial charge in [-0.3, -0.25) is 10.1 Å². The van der Waals surface area contributed by atoms with Crippen LogP contribution in [0.15, 0.2) is 60.0 Å². The Hall–Kier alpha value is -3.61. The number of hydrogen-bond donors (Lipinski definition) is 3. The van der Waals surface area contributed by atoms with Gasteiger partial charge >= 0.3 is 0 Å². The largest absolute Gasteiger partial charge is 0.497 e. The van der Waals surface area contributed by atoms with Gasteiger partial charge in [-0.15, -0.1) is 0 Å². The number of nitrogens with one attached hydrogen (secondary N) is 2. The van der Waals surface area contributed by atoms with Gasteiger partial charge in [-0.1, -0.05) is 24.3 Å². The van der Waals surface area contributed by atoms with Gasteiger partial charge in [-0.05, 0) is 23.3 Å². The first-order chi connectivity index (χ1) is 14.0. The Morgan fingerprint density at radius 2 is 1.97 bits per heavy atom. The van der Waals surface area contributed by atoms with Crippen molar-refractivity contribution in [1.82, 2.24) is 10.9 Å². The van der Waals surface area contributed by atoms with E-state index >= 15 is 0 Å². The molecule has 0 bridgehead atoms. The second-order valence-corrected chi connectivity index (χ2v) is 6.87. The lowest BCUT2D eigenvalue weighted by molar-refractivity contribution is -0.384. The van der Waals surface area contributed by atoms with Gasteiger partial charge in [-0.2, -0.15) is 5.26 Å². The zero-order valence-electron chi connectivity index (χ0n) is 15.5. The van der Waals surface area contributed by atoms with E-state index in [2.05, 4.69) is 16.9 Å². The fourth-order valence-electron chi connectivity index (χ4n) is 4.02. The molecule has 4 atom stereocenters. The molecule has 1 fully saturated rings. The minimum atomic E-state index is -0.497. The van der Waals surface area contributed by atoms with E-state index in [1.165, 1.54) is 12.1 Å². The average molecular weight is 393 g/mol. The molecule has 0 spiro atoms. The first-order valence-corrected chi connectivity index (χ1v) is 8.99. The normalized spacial score (nSPS) is 25.7. The molecule has 9 nitrogen and oxygen atoms in total. The van der Waals surface area contributed by atoms with Crippen LogP contribution >= 0.6 is 0 Å². The molecule has 0 aliphatic carbocycles. The van der Waals surface area contributed by atoms with Gasteiger partial charge in [0.15, 0.2) is 6.23 Å². The van der Waals surface area contributed by atoms with Crippen molar-refractivity contribution in [1.29, 1.82) is 5.26 Å². The van der Waals surface area contributed by atoms with E-state index < -0.39 is 11.2 Å². The van der Waals surface area contributed by atoms with E-state index in [9.17, 15) is 15.4 Å². The summed E-state index contributed by atoms with van der Waals surface area (Å²) in [6.07, 6.45) is -0.497. The Balaban J connectivity index is 1.79. The van der Waals surface area contributed by atoms with Crippen molar-refractivity contribution in [3.63, 3.8) is 0 Å². The second kappa shape index (κ2) is 7.43. The summed E-state index contributed by atoms with van der Waals surface area (Å²) in [4.78, 5) is 10.8. The number of fused-ring (bicyclic) bond motifs is 1. The summed E-state index contributed by atoms with van der Waals surface area (Å²) in [5, 5.41) is 21.0. The lowest BCUT2D eigenvalue weighted by Gasteiger charge is -2.35. The first kappa shape index (κ1) is 18.7. The van der Waals surface area contributed by atoms with Crippen LogP contribution in [0.1, 0.15) is 23.1 Å². The number of nitro benzene ring substituents is 1. The number of hydrogen-bond acceptors (Lipinski definition) is 8. The van der Waals surface area contributed by atoms with Crippen LogP contribution in [0, 0.1) is 27.4 Å². The lowest BCUT2D eigenvalue weighted by Crippen LogP contribution is -2.40. The summed E-state index contributed by atoms with van der Waals surface area (Å²) >= 11 is 0. The van der Waals surface area contributed by atoms with E-state index in [0.717, 1.165) is 11.1 Å². The van der Waals surface area contributed by atoms with Crippen molar-refractivity contribution in [2.24, 2.45) is 11.7 Å². The third-order valence-corrected chi connectivity index (χ3v) is 5.37.